The number of hydrogen-bond donors (Lipinski definition) is 3. The molecule has 5 heteroatoms. The summed E-state index contributed by atoms with van der Waals surface area (Å²) in [6.45, 7) is 0.436. The van der Waals surface area contributed by atoms with Gasteiger partial charge in [-0.15, -0.1) is 0 Å². The highest BCUT2D eigenvalue weighted by atomic mass is 16.5. The highest BCUT2D eigenvalue weighted by molar-refractivity contribution is 5.58. The van der Waals surface area contributed by atoms with Crippen molar-refractivity contribution in [3.8, 4) is 0 Å². The number of hydrogen-bond acceptors (Lipinski definition) is 5. The Morgan fingerprint density at radius 2 is 2.23 bits per heavy atom. The second-order valence-electron chi connectivity index (χ2n) is 2.80. The number of methoxy groups -OCH3 is 1. The van der Waals surface area contributed by atoms with Gasteiger partial charge >= 0.3 is 0 Å². The first-order valence-electron chi connectivity index (χ1n) is 3.90. The Balaban J connectivity index is 2.84. The number of nitrogen functional groups attached to an aromatic ring is 2. The lowest BCUT2D eigenvalue weighted by Gasteiger charge is -2.11. The van der Waals surface area contributed by atoms with Gasteiger partial charge in [-0.3, -0.25) is 0 Å². The third kappa shape index (κ3) is 2.30. The maximum Gasteiger partial charge on any atom is 0.146 e. The van der Waals surface area contributed by atoms with Crippen LogP contribution < -0.4 is 17.2 Å². The lowest BCUT2D eigenvalue weighted by atomic mass is 10.1. The number of rotatable bonds is 3. The number of nitrogens with two attached hydrogens (primary N) is 3. The van der Waals surface area contributed by atoms with Gasteiger partial charge in [0.05, 0.1) is 18.3 Å². The van der Waals surface area contributed by atoms with Gasteiger partial charge in [-0.2, -0.15) is 0 Å². The highest BCUT2D eigenvalue weighted by Gasteiger charge is 2.07. The lowest BCUT2D eigenvalue weighted by molar-refractivity contribution is 0.181. The van der Waals surface area contributed by atoms with Crippen molar-refractivity contribution in [2.45, 2.75) is 6.04 Å². The van der Waals surface area contributed by atoms with E-state index < -0.39 is 0 Å². The molecule has 1 rings (SSSR count). The fraction of sp³-hybridized carbons (Fsp3) is 0.375. The van der Waals surface area contributed by atoms with Gasteiger partial charge < -0.3 is 21.9 Å². The second-order valence-corrected chi connectivity index (χ2v) is 2.80. The summed E-state index contributed by atoms with van der Waals surface area (Å²) in [7, 11) is 1.59. The molecular formula is C8H14N4O. The Morgan fingerprint density at radius 3 is 2.77 bits per heavy atom. The molecule has 5 nitrogen and oxygen atoms in total. The van der Waals surface area contributed by atoms with Crippen molar-refractivity contribution in [2.24, 2.45) is 5.73 Å². The summed E-state index contributed by atoms with van der Waals surface area (Å²) >= 11 is 0. The molecule has 0 aliphatic carbocycles. The topological polar surface area (TPSA) is 100 Å². The average molecular weight is 182 g/mol. The minimum atomic E-state index is -0.208. The fourth-order valence-corrected chi connectivity index (χ4v) is 0.988. The normalized spacial score (nSPS) is 12.8. The highest BCUT2D eigenvalue weighted by Crippen LogP contribution is 2.16. The zero-order valence-corrected chi connectivity index (χ0v) is 7.53. The van der Waals surface area contributed by atoms with E-state index in [4.69, 9.17) is 21.9 Å². The standard InChI is InChI=1S/C8H14N4O/c1-13-4-7(10)5-2-6(9)8(11)12-3-5/h2-3,7H,4,9-10H2,1H3,(H2,11,12)/t7-/m1/s1. The van der Waals surface area contributed by atoms with Crippen LogP contribution in [-0.2, 0) is 4.74 Å². The summed E-state index contributed by atoms with van der Waals surface area (Å²) in [4.78, 5) is 3.90. The van der Waals surface area contributed by atoms with Gasteiger partial charge in [0.1, 0.15) is 5.82 Å². The van der Waals surface area contributed by atoms with E-state index in [0.717, 1.165) is 5.56 Å². The first-order chi connectivity index (χ1) is 6.15. The van der Waals surface area contributed by atoms with E-state index in [-0.39, 0.29) is 6.04 Å². The minimum Gasteiger partial charge on any atom is -0.396 e. The zero-order valence-electron chi connectivity index (χ0n) is 7.53. The molecule has 0 saturated carbocycles. The summed E-state index contributed by atoms with van der Waals surface area (Å²) in [6.07, 6.45) is 1.61. The van der Waals surface area contributed by atoms with E-state index in [1.54, 1.807) is 19.4 Å². The summed E-state index contributed by atoms with van der Waals surface area (Å²) in [5.41, 5.74) is 18.1. The molecule has 6 N–H and O–H groups in total. The fourth-order valence-electron chi connectivity index (χ4n) is 0.988. The molecule has 1 heterocycles. The Labute approximate surface area is 76.9 Å². The predicted molar refractivity (Wildman–Crippen MR) is 51.9 cm³/mol. The number of pyridine rings is 1. The van der Waals surface area contributed by atoms with Gasteiger partial charge in [0, 0.05) is 13.3 Å². The number of aromatic nitrogens is 1. The SMILES string of the molecule is COC[C@@H](N)c1cnc(N)c(N)c1. The number of nitrogens with zero attached hydrogens (tertiary/aromatic N) is 1. The van der Waals surface area contributed by atoms with Crippen LogP contribution in [0.2, 0.25) is 0 Å². The zero-order chi connectivity index (χ0) is 9.84. The average Bonchev–Trinajstić information content (AvgIpc) is 2.10. The van der Waals surface area contributed by atoms with Gasteiger partial charge in [0.25, 0.3) is 0 Å². The molecule has 72 valence electrons. The van der Waals surface area contributed by atoms with Crippen LogP contribution in [0.3, 0.4) is 0 Å². The Kier molecular flexibility index (Phi) is 3.05. The molecule has 1 atom stereocenters. The monoisotopic (exact) mass is 182 g/mol. The quantitative estimate of drug-likeness (QED) is 0.605. The van der Waals surface area contributed by atoms with E-state index in [2.05, 4.69) is 4.98 Å². The first-order valence-corrected chi connectivity index (χ1v) is 3.90. The summed E-state index contributed by atoms with van der Waals surface area (Å²) in [6, 6.07) is 1.51. The molecule has 0 bridgehead atoms. The van der Waals surface area contributed by atoms with Crippen molar-refractivity contribution in [3.63, 3.8) is 0 Å². The first kappa shape index (κ1) is 9.76. The Bertz CT molecular complexity index is 289. The largest absolute Gasteiger partial charge is 0.396 e. The van der Waals surface area contributed by atoms with E-state index in [9.17, 15) is 0 Å². The molecule has 1 aromatic rings. The van der Waals surface area contributed by atoms with Crippen molar-refractivity contribution < 1.29 is 4.74 Å². The smallest absolute Gasteiger partial charge is 0.146 e. The molecule has 0 aromatic carbocycles. The summed E-state index contributed by atoms with van der Waals surface area (Å²) in [5.74, 6) is 0.327. The Hall–Kier alpha value is -1.33. The molecular weight excluding hydrogens is 168 g/mol. The molecule has 0 fully saturated rings. The van der Waals surface area contributed by atoms with Crippen LogP contribution in [0, 0.1) is 0 Å². The molecule has 13 heavy (non-hydrogen) atoms. The van der Waals surface area contributed by atoms with Gasteiger partial charge in [-0.1, -0.05) is 0 Å². The third-order valence-electron chi connectivity index (χ3n) is 1.75. The predicted octanol–water partition coefficient (Wildman–Crippen LogP) is -0.108. The van der Waals surface area contributed by atoms with E-state index >= 15 is 0 Å². The van der Waals surface area contributed by atoms with Crippen molar-refractivity contribution in [3.05, 3.63) is 17.8 Å². The third-order valence-corrected chi connectivity index (χ3v) is 1.75. The van der Waals surface area contributed by atoms with E-state index in [1.165, 1.54) is 0 Å². The molecule has 0 aliphatic heterocycles. The van der Waals surface area contributed by atoms with Gasteiger partial charge in [-0.25, -0.2) is 4.98 Å². The van der Waals surface area contributed by atoms with Crippen LogP contribution in [0.25, 0.3) is 0 Å². The van der Waals surface area contributed by atoms with Crippen molar-refractivity contribution in [1.29, 1.82) is 0 Å². The number of anilines is 2. The van der Waals surface area contributed by atoms with Crippen LogP contribution in [0.15, 0.2) is 12.3 Å². The summed E-state index contributed by atoms with van der Waals surface area (Å²) < 4.78 is 4.90. The van der Waals surface area contributed by atoms with Gasteiger partial charge in [0.2, 0.25) is 0 Å². The van der Waals surface area contributed by atoms with Crippen molar-refractivity contribution >= 4 is 11.5 Å². The van der Waals surface area contributed by atoms with E-state index in [1.807, 2.05) is 0 Å². The molecule has 0 aliphatic rings. The second kappa shape index (κ2) is 4.06. The van der Waals surface area contributed by atoms with Crippen molar-refractivity contribution in [2.75, 3.05) is 25.2 Å². The summed E-state index contributed by atoms with van der Waals surface area (Å²) in [5, 5.41) is 0. The molecule has 0 saturated heterocycles. The minimum absolute atomic E-state index is 0.208. The van der Waals surface area contributed by atoms with Crippen molar-refractivity contribution in [1.82, 2.24) is 4.98 Å². The molecule has 0 spiro atoms. The maximum absolute atomic E-state index is 5.76. The number of ether oxygens (including phenoxy) is 1. The Morgan fingerprint density at radius 1 is 1.54 bits per heavy atom. The van der Waals surface area contributed by atoms with Crippen LogP contribution in [0.4, 0.5) is 11.5 Å². The molecule has 1 aromatic heterocycles. The van der Waals surface area contributed by atoms with Crippen LogP contribution in [0.1, 0.15) is 11.6 Å². The van der Waals surface area contributed by atoms with Gasteiger partial charge in [0.15, 0.2) is 0 Å². The molecule has 0 unspecified atom stereocenters. The van der Waals surface area contributed by atoms with Crippen LogP contribution >= 0.6 is 0 Å². The van der Waals surface area contributed by atoms with Gasteiger partial charge in [-0.05, 0) is 11.6 Å². The van der Waals surface area contributed by atoms with Crippen LogP contribution in [0.5, 0.6) is 0 Å². The molecule has 0 radical (unpaired) electrons. The maximum atomic E-state index is 5.76. The lowest BCUT2D eigenvalue weighted by Crippen LogP contribution is -2.16. The molecule has 0 amide bonds. The van der Waals surface area contributed by atoms with E-state index in [0.29, 0.717) is 18.1 Å². The van der Waals surface area contributed by atoms with Crippen LogP contribution in [-0.4, -0.2) is 18.7 Å².